The second-order valence-corrected chi connectivity index (χ2v) is 3.04. The number of hydrogen-bond acceptors (Lipinski definition) is 5. The fourth-order valence-corrected chi connectivity index (χ4v) is 1.27. The van der Waals surface area contributed by atoms with Gasteiger partial charge in [0.15, 0.2) is 0 Å². The highest BCUT2D eigenvalue weighted by atomic mass is 15.2. The normalized spacial score (nSPS) is 16.5. The van der Waals surface area contributed by atoms with E-state index < -0.39 is 0 Å². The van der Waals surface area contributed by atoms with E-state index in [4.69, 9.17) is 11.0 Å². The quantitative estimate of drug-likeness (QED) is 0.622. The monoisotopic (exact) mass is 175 g/mol. The molecule has 2 rings (SSSR count). The van der Waals surface area contributed by atoms with Crippen LogP contribution in [0.2, 0.25) is 0 Å². The third kappa shape index (κ3) is 1.44. The van der Waals surface area contributed by atoms with Crippen LogP contribution in [0.1, 0.15) is 5.82 Å². The minimum absolute atomic E-state index is 0.202. The van der Waals surface area contributed by atoms with E-state index in [1.165, 1.54) is 0 Å². The van der Waals surface area contributed by atoms with Gasteiger partial charge in [-0.15, -0.1) is 0 Å². The van der Waals surface area contributed by atoms with E-state index in [1.54, 1.807) is 12.4 Å². The Morgan fingerprint density at radius 1 is 1.46 bits per heavy atom. The van der Waals surface area contributed by atoms with Gasteiger partial charge in [0.05, 0.1) is 18.1 Å². The highest BCUT2D eigenvalue weighted by Crippen LogP contribution is 2.17. The van der Waals surface area contributed by atoms with Crippen molar-refractivity contribution >= 4 is 5.69 Å². The van der Waals surface area contributed by atoms with Crippen molar-refractivity contribution in [3.05, 3.63) is 18.2 Å². The lowest BCUT2D eigenvalue weighted by atomic mass is 10.1. The molecule has 0 bridgehead atoms. The van der Waals surface area contributed by atoms with Crippen molar-refractivity contribution in [2.24, 2.45) is 5.73 Å². The summed E-state index contributed by atoms with van der Waals surface area (Å²) in [4.78, 5) is 9.82. The maximum absolute atomic E-state index is 8.47. The van der Waals surface area contributed by atoms with Gasteiger partial charge in [-0.3, -0.25) is 0 Å². The molecule has 5 nitrogen and oxygen atoms in total. The molecule has 1 aliphatic rings. The Balaban J connectivity index is 2.11. The Hall–Kier alpha value is -1.67. The third-order valence-electron chi connectivity index (χ3n) is 2.01. The van der Waals surface area contributed by atoms with Gasteiger partial charge in [-0.2, -0.15) is 5.26 Å². The summed E-state index contributed by atoms with van der Waals surface area (Å²) in [7, 11) is 0. The highest BCUT2D eigenvalue weighted by Gasteiger charge is 2.23. The lowest BCUT2D eigenvalue weighted by Crippen LogP contribution is -2.55. The van der Waals surface area contributed by atoms with Gasteiger partial charge in [-0.05, 0) is 0 Å². The van der Waals surface area contributed by atoms with Gasteiger partial charge in [0.1, 0.15) is 6.07 Å². The largest absolute Gasteiger partial charge is 0.366 e. The lowest BCUT2D eigenvalue weighted by Gasteiger charge is -2.38. The first-order valence-electron chi connectivity index (χ1n) is 4.02. The molecule has 2 N–H and O–H groups in total. The standard InChI is InChI=1S/C8H9N5/c9-1-8-11-2-7(3-12-8)13-4-6(10)5-13/h2-3,6H,4-5,10H2. The summed E-state index contributed by atoms with van der Waals surface area (Å²) in [5.41, 5.74) is 6.56. The fraction of sp³-hybridized carbons (Fsp3) is 0.375. The molecule has 0 radical (unpaired) electrons. The molecular weight excluding hydrogens is 166 g/mol. The molecule has 1 aromatic heterocycles. The summed E-state index contributed by atoms with van der Waals surface area (Å²) in [6, 6.07) is 2.13. The molecule has 13 heavy (non-hydrogen) atoms. The van der Waals surface area contributed by atoms with Gasteiger partial charge < -0.3 is 10.6 Å². The molecular formula is C8H9N5. The van der Waals surface area contributed by atoms with Crippen LogP contribution >= 0.6 is 0 Å². The Morgan fingerprint density at radius 2 is 2.08 bits per heavy atom. The van der Waals surface area contributed by atoms with Crippen molar-refractivity contribution in [3.8, 4) is 6.07 Å². The van der Waals surface area contributed by atoms with Crippen LogP contribution in [0.5, 0.6) is 0 Å². The molecule has 0 amide bonds. The van der Waals surface area contributed by atoms with E-state index in [9.17, 15) is 0 Å². The van der Waals surface area contributed by atoms with E-state index in [1.807, 2.05) is 6.07 Å². The van der Waals surface area contributed by atoms with Gasteiger partial charge in [0.2, 0.25) is 5.82 Å². The van der Waals surface area contributed by atoms with E-state index >= 15 is 0 Å². The van der Waals surface area contributed by atoms with Crippen molar-refractivity contribution in [2.45, 2.75) is 6.04 Å². The predicted octanol–water partition coefficient (Wildman–Crippen LogP) is -0.504. The van der Waals surface area contributed by atoms with E-state index in [0.717, 1.165) is 18.8 Å². The number of anilines is 1. The molecule has 1 aromatic rings. The van der Waals surface area contributed by atoms with Crippen molar-refractivity contribution in [1.82, 2.24) is 9.97 Å². The summed E-state index contributed by atoms with van der Waals surface area (Å²) in [5, 5.41) is 8.47. The first-order chi connectivity index (χ1) is 6.29. The molecule has 5 heteroatoms. The van der Waals surface area contributed by atoms with Crippen LogP contribution in [-0.2, 0) is 0 Å². The Bertz CT molecular complexity index is 333. The Morgan fingerprint density at radius 3 is 2.54 bits per heavy atom. The zero-order valence-electron chi connectivity index (χ0n) is 7.01. The number of rotatable bonds is 1. The van der Waals surface area contributed by atoms with Crippen LogP contribution < -0.4 is 10.6 Å². The van der Waals surface area contributed by atoms with Crippen molar-refractivity contribution in [1.29, 1.82) is 5.26 Å². The SMILES string of the molecule is N#Cc1ncc(N2CC(N)C2)cn1. The minimum atomic E-state index is 0.202. The summed E-state index contributed by atoms with van der Waals surface area (Å²) in [6.07, 6.45) is 3.30. The van der Waals surface area contributed by atoms with Crippen LogP contribution in [0.15, 0.2) is 12.4 Å². The summed E-state index contributed by atoms with van der Waals surface area (Å²) < 4.78 is 0. The predicted molar refractivity (Wildman–Crippen MR) is 46.9 cm³/mol. The zero-order valence-corrected chi connectivity index (χ0v) is 7.01. The molecule has 1 saturated heterocycles. The highest BCUT2D eigenvalue weighted by molar-refractivity contribution is 5.46. The van der Waals surface area contributed by atoms with Crippen LogP contribution in [0.4, 0.5) is 5.69 Å². The molecule has 0 atom stereocenters. The van der Waals surface area contributed by atoms with Gasteiger partial charge >= 0.3 is 0 Å². The topological polar surface area (TPSA) is 78.8 Å². The molecule has 2 heterocycles. The third-order valence-corrected chi connectivity index (χ3v) is 2.01. The van der Waals surface area contributed by atoms with Crippen LogP contribution in [-0.4, -0.2) is 29.1 Å². The van der Waals surface area contributed by atoms with E-state index in [2.05, 4.69) is 14.9 Å². The molecule has 0 unspecified atom stereocenters. The van der Waals surface area contributed by atoms with Gasteiger partial charge in [-0.25, -0.2) is 9.97 Å². The van der Waals surface area contributed by atoms with Crippen molar-refractivity contribution in [2.75, 3.05) is 18.0 Å². The summed E-state index contributed by atoms with van der Waals surface area (Å²) in [6.45, 7) is 1.69. The zero-order chi connectivity index (χ0) is 9.26. The number of nitrogens with zero attached hydrogens (tertiary/aromatic N) is 4. The van der Waals surface area contributed by atoms with E-state index in [0.29, 0.717) is 0 Å². The first kappa shape index (κ1) is 7.95. The Labute approximate surface area is 75.8 Å². The number of hydrogen-bond donors (Lipinski definition) is 1. The first-order valence-corrected chi connectivity index (χ1v) is 4.02. The van der Waals surface area contributed by atoms with Crippen LogP contribution in [0.25, 0.3) is 0 Å². The number of nitrogens with two attached hydrogens (primary N) is 1. The molecule has 0 saturated carbocycles. The minimum Gasteiger partial charge on any atom is -0.366 e. The molecule has 0 aromatic carbocycles. The van der Waals surface area contributed by atoms with Crippen LogP contribution in [0, 0.1) is 11.3 Å². The smallest absolute Gasteiger partial charge is 0.232 e. The average molecular weight is 175 g/mol. The van der Waals surface area contributed by atoms with Gasteiger partial charge in [-0.1, -0.05) is 0 Å². The molecule has 66 valence electrons. The average Bonchev–Trinajstić information content (AvgIpc) is 2.13. The molecule has 1 aliphatic heterocycles. The molecule has 0 spiro atoms. The van der Waals surface area contributed by atoms with Gasteiger partial charge in [0.25, 0.3) is 0 Å². The number of nitriles is 1. The van der Waals surface area contributed by atoms with Gasteiger partial charge in [0, 0.05) is 19.1 Å². The maximum Gasteiger partial charge on any atom is 0.232 e. The maximum atomic E-state index is 8.47. The second kappa shape index (κ2) is 2.99. The Kier molecular flexibility index (Phi) is 1.83. The summed E-state index contributed by atoms with van der Waals surface area (Å²) in [5.74, 6) is 0.202. The summed E-state index contributed by atoms with van der Waals surface area (Å²) >= 11 is 0. The molecule has 1 fully saturated rings. The number of aromatic nitrogens is 2. The molecule has 0 aliphatic carbocycles. The fourth-order valence-electron chi connectivity index (χ4n) is 1.27. The van der Waals surface area contributed by atoms with E-state index in [-0.39, 0.29) is 11.9 Å². The van der Waals surface area contributed by atoms with Crippen molar-refractivity contribution in [3.63, 3.8) is 0 Å². The lowest BCUT2D eigenvalue weighted by molar-refractivity contribution is 0.518. The van der Waals surface area contributed by atoms with Crippen molar-refractivity contribution < 1.29 is 0 Å². The van der Waals surface area contributed by atoms with Crippen LogP contribution in [0.3, 0.4) is 0 Å². The second-order valence-electron chi connectivity index (χ2n) is 3.04.